The number of carboxylic acids is 1. The molecule has 0 spiro atoms. The van der Waals surface area contributed by atoms with E-state index in [1.54, 1.807) is 18.7 Å². The standard InChI is InChI=1S/C26H30N2O5/c1-16(14-24(29)28-13-7-12-18(17(28)2)25(30)31)27-26(32)33-15-23-21-10-5-3-8-19(21)20-9-4-6-11-22(20)23/h3-6,8-11,16-18,23H,7,12-15H2,1-2H3,(H,27,32)(H,30,31). The van der Waals surface area contributed by atoms with Gasteiger partial charge in [0.25, 0.3) is 0 Å². The number of benzene rings is 2. The zero-order chi connectivity index (χ0) is 23.5. The molecule has 2 aromatic carbocycles. The second-order valence-electron chi connectivity index (χ2n) is 8.99. The van der Waals surface area contributed by atoms with Gasteiger partial charge in [-0.1, -0.05) is 48.5 Å². The van der Waals surface area contributed by atoms with Crippen LogP contribution in [0.4, 0.5) is 4.79 Å². The Morgan fingerprint density at radius 3 is 2.30 bits per heavy atom. The van der Waals surface area contributed by atoms with Crippen LogP contribution in [0.1, 0.15) is 50.2 Å². The number of hydrogen-bond acceptors (Lipinski definition) is 4. The van der Waals surface area contributed by atoms with Gasteiger partial charge in [0, 0.05) is 31.0 Å². The molecule has 0 radical (unpaired) electrons. The number of aliphatic carboxylic acids is 1. The van der Waals surface area contributed by atoms with Gasteiger partial charge in [-0.25, -0.2) is 4.79 Å². The topological polar surface area (TPSA) is 95.9 Å². The molecule has 0 saturated carbocycles. The lowest BCUT2D eigenvalue weighted by molar-refractivity contribution is -0.149. The number of nitrogens with one attached hydrogen (secondary N) is 1. The van der Waals surface area contributed by atoms with Crippen molar-refractivity contribution in [1.82, 2.24) is 10.2 Å². The fourth-order valence-electron chi connectivity index (χ4n) is 5.10. The first kappa shape index (κ1) is 22.8. The van der Waals surface area contributed by atoms with Gasteiger partial charge in [-0.15, -0.1) is 0 Å². The number of carboxylic acid groups (broad SMARTS) is 1. The van der Waals surface area contributed by atoms with Crippen LogP contribution in [-0.4, -0.2) is 53.2 Å². The maximum absolute atomic E-state index is 12.8. The molecule has 0 aromatic heterocycles. The van der Waals surface area contributed by atoms with Crippen LogP contribution in [0.5, 0.6) is 0 Å². The molecule has 2 aliphatic rings. The first-order valence-corrected chi connectivity index (χ1v) is 11.5. The normalized spacial score (nSPS) is 20.5. The number of fused-ring (bicyclic) bond motifs is 3. The molecule has 2 N–H and O–H groups in total. The molecule has 0 bridgehead atoms. The Morgan fingerprint density at radius 2 is 1.70 bits per heavy atom. The molecule has 3 atom stereocenters. The predicted octanol–water partition coefficient (Wildman–Crippen LogP) is 4.02. The number of carbonyl (C=O) groups is 3. The Bertz CT molecular complexity index is 1010. The van der Waals surface area contributed by atoms with Gasteiger partial charge in [0.15, 0.2) is 0 Å². The highest BCUT2D eigenvalue weighted by Crippen LogP contribution is 2.44. The molecule has 3 unspecified atom stereocenters. The lowest BCUT2D eigenvalue weighted by atomic mass is 9.90. The van der Waals surface area contributed by atoms with Crippen molar-refractivity contribution < 1.29 is 24.2 Å². The molecule has 1 saturated heterocycles. The maximum Gasteiger partial charge on any atom is 0.407 e. The van der Waals surface area contributed by atoms with E-state index in [1.807, 2.05) is 24.3 Å². The molecular formula is C26H30N2O5. The summed E-state index contributed by atoms with van der Waals surface area (Å²) in [6, 6.07) is 15.5. The van der Waals surface area contributed by atoms with E-state index in [9.17, 15) is 19.5 Å². The van der Waals surface area contributed by atoms with E-state index in [1.165, 1.54) is 0 Å². The smallest absolute Gasteiger partial charge is 0.407 e. The van der Waals surface area contributed by atoms with E-state index in [-0.39, 0.29) is 30.9 Å². The number of alkyl carbamates (subject to hydrolysis) is 1. The summed E-state index contributed by atoms with van der Waals surface area (Å²) in [6.07, 6.45) is 0.780. The Labute approximate surface area is 193 Å². The van der Waals surface area contributed by atoms with Gasteiger partial charge in [-0.3, -0.25) is 9.59 Å². The van der Waals surface area contributed by atoms with Gasteiger partial charge in [-0.2, -0.15) is 0 Å². The van der Waals surface area contributed by atoms with Gasteiger partial charge in [0.2, 0.25) is 5.91 Å². The summed E-state index contributed by atoms with van der Waals surface area (Å²) < 4.78 is 5.55. The van der Waals surface area contributed by atoms with E-state index >= 15 is 0 Å². The number of carbonyl (C=O) groups excluding carboxylic acids is 2. The minimum atomic E-state index is -0.871. The maximum atomic E-state index is 12.8. The third-order valence-corrected chi connectivity index (χ3v) is 6.81. The van der Waals surface area contributed by atoms with Gasteiger partial charge in [0.1, 0.15) is 6.61 Å². The Hall–Kier alpha value is -3.35. The van der Waals surface area contributed by atoms with Crippen LogP contribution in [0.15, 0.2) is 48.5 Å². The van der Waals surface area contributed by atoms with Crippen LogP contribution in [0, 0.1) is 5.92 Å². The quantitative estimate of drug-likeness (QED) is 0.693. The number of amides is 2. The summed E-state index contributed by atoms with van der Waals surface area (Å²) >= 11 is 0. The van der Waals surface area contributed by atoms with Crippen molar-refractivity contribution in [3.8, 4) is 11.1 Å². The molecule has 1 fully saturated rings. The summed E-state index contributed by atoms with van der Waals surface area (Å²) in [5.41, 5.74) is 4.61. The summed E-state index contributed by atoms with van der Waals surface area (Å²) in [7, 11) is 0. The van der Waals surface area contributed by atoms with Gasteiger partial charge < -0.3 is 20.1 Å². The van der Waals surface area contributed by atoms with Crippen molar-refractivity contribution in [2.75, 3.05) is 13.2 Å². The van der Waals surface area contributed by atoms with Crippen LogP contribution in [-0.2, 0) is 14.3 Å². The average Bonchev–Trinajstić information content (AvgIpc) is 3.11. The van der Waals surface area contributed by atoms with Crippen LogP contribution in [0.2, 0.25) is 0 Å². The molecule has 2 aromatic rings. The van der Waals surface area contributed by atoms with Crippen LogP contribution < -0.4 is 5.32 Å². The molecule has 4 rings (SSSR count). The average molecular weight is 451 g/mol. The summed E-state index contributed by atoms with van der Waals surface area (Å²) in [5.74, 6) is -1.60. The molecule has 174 valence electrons. The number of likely N-dealkylation sites (tertiary alicyclic amines) is 1. The minimum absolute atomic E-state index is 0.0257. The monoisotopic (exact) mass is 450 g/mol. The fourth-order valence-corrected chi connectivity index (χ4v) is 5.10. The highest BCUT2D eigenvalue weighted by molar-refractivity contribution is 5.80. The first-order chi connectivity index (χ1) is 15.9. The van der Waals surface area contributed by atoms with E-state index in [4.69, 9.17) is 4.74 Å². The molecule has 7 heteroatoms. The molecule has 1 aliphatic carbocycles. The summed E-state index contributed by atoms with van der Waals surface area (Å²) in [6.45, 7) is 4.29. The number of hydrogen-bond donors (Lipinski definition) is 2. The van der Waals surface area contributed by atoms with Crippen molar-refractivity contribution >= 4 is 18.0 Å². The van der Waals surface area contributed by atoms with Crippen molar-refractivity contribution in [2.24, 2.45) is 5.92 Å². The van der Waals surface area contributed by atoms with Crippen molar-refractivity contribution in [2.45, 2.75) is 51.1 Å². The molecule has 2 amide bonds. The van der Waals surface area contributed by atoms with Crippen molar-refractivity contribution in [3.63, 3.8) is 0 Å². The number of piperidine rings is 1. The van der Waals surface area contributed by atoms with E-state index in [0.717, 1.165) is 22.3 Å². The molecular weight excluding hydrogens is 420 g/mol. The Balaban J connectivity index is 1.31. The highest BCUT2D eigenvalue weighted by Gasteiger charge is 2.35. The number of nitrogens with zero attached hydrogens (tertiary/aromatic N) is 1. The highest BCUT2D eigenvalue weighted by atomic mass is 16.5. The Kier molecular flexibility index (Phi) is 6.67. The van der Waals surface area contributed by atoms with E-state index in [0.29, 0.717) is 19.4 Å². The lowest BCUT2D eigenvalue weighted by Gasteiger charge is -2.38. The van der Waals surface area contributed by atoms with Crippen molar-refractivity contribution in [3.05, 3.63) is 59.7 Å². The Morgan fingerprint density at radius 1 is 1.09 bits per heavy atom. The molecule has 7 nitrogen and oxygen atoms in total. The second-order valence-corrected chi connectivity index (χ2v) is 8.99. The molecule has 1 aliphatic heterocycles. The van der Waals surface area contributed by atoms with Crippen LogP contribution >= 0.6 is 0 Å². The third-order valence-electron chi connectivity index (χ3n) is 6.81. The van der Waals surface area contributed by atoms with Gasteiger partial charge >= 0.3 is 12.1 Å². The summed E-state index contributed by atoms with van der Waals surface area (Å²) in [5, 5.41) is 12.1. The third kappa shape index (κ3) is 4.72. The SMILES string of the molecule is CC(CC(=O)N1CCCC(C(=O)O)C1C)NC(=O)OCC1c2ccccc2-c2ccccc21. The molecule has 1 heterocycles. The first-order valence-electron chi connectivity index (χ1n) is 11.5. The zero-order valence-corrected chi connectivity index (χ0v) is 19.0. The lowest BCUT2D eigenvalue weighted by Crippen LogP contribution is -2.50. The fraction of sp³-hybridized carbons (Fsp3) is 0.423. The van der Waals surface area contributed by atoms with Crippen LogP contribution in [0.3, 0.4) is 0 Å². The minimum Gasteiger partial charge on any atom is -0.481 e. The van der Waals surface area contributed by atoms with Gasteiger partial charge in [-0.05, 0) is 48.9 Å². The van der Waals surface area contributed by atoms with E-state index in [2.05, 4.69) is 29.6 Å². The molecule has 33 heavy (non-hydrogen) atoms. The second kappa shape index (κ2) is 9.65. The van der Waals surface area contributed by atoms with Gasteiger partial charge in [0.05, 0.1) is 5.92 Å². The largest absolute Gasteiger partial charge is 0.481 e. The summed E-state index contributed by atoms with van der Waals surface area (Å²) in [4.78, 5) is 38.3. The predicted molar refractivity (Wildman–Crippen MR) is 124 cm³/mol. The number of rotatable bonds is 6. The van der Waals surface area contributed by atoms with Crippen molar-refractivity contribution in [1.29, 1.82) is 0 Å². The van der Waals surface area contributed by atoms with Crippen LogP contribution in [0.25, 0.3) is 11.1 Å². The number of ether oxygens (including phenoxy) is 1. The van der Waals surface area contributed by atoms with E-state index < -0.39 is 24.0 Å². The zero-order valence-electron chi connectivity index (χ0n) is 19.0.